The van der Waals surface area contributed by atoms with Crippen molar-refractivity contribution < 1.29 is 9.47 Å². The highest BCUT2D eigenvalue weighted by atomic mass is 35.5. The van der Waals surface area contributed by atoms with E-state index in [2.05, 4.69) is 4.99 Å². The number of rotatable bonds is 7. The molecule has 132 valence electrons. The molecule has 4 N–H and O–H groups in total. The van der Waals surface area contributed by atoms with Crippen LogP contribution in [0.4, 0.5) is 5.69 Å². The number of allylic oxidation sites excluding steroid dienone is 1. The largest absolute Gasteiger partial charge is 0.497 e. The maximum absolute atomic E-state index is 6.28. The molecule has 0 unspecified atom stereocenters. The third kappa shape index (κ3) is 5.52. The van der Waals surface area contributed by atoms with Gasteiger partial charge in [0.25, 0.3) is 0 Å². The number of nitrogens with two attached hydrogens (primary N) is 2. The summed E-state index contributed by atoms with van der Waals surface area (Å²) in [5.74, 6) is 1.48. The van der Waals surface area contributed by atoms with Gasteiger partial charge in [-0.15, -0.1) is 0 Å². The van der Waals surface area contributed by atoms with Gasteiger partial charge in [0.05, 0.1) is 24.9 Å². The van der Waals surface area contributed by atoms with E-state index < -0.39 is 0 Å². The predicted molar refractivity (Wildman–Crippen MR) is 103 cm³/mol. The van der Waals surface area contributed by atoms with E-state index in [-0.39, 0.29) is 6.54 Å². The molecule has 2 aromatic rings. The molecule has 0 aliphatic rings. The number of hydrogen-bond acceptors (Lipinski definition) is 5. The van der Waals surface area contributed by atoms with Crippen molar-refractivity contribution in [1.29, 1.82) is 0 Å². The van der Waals surface area contributed by atoms with Gasteiger partial charge in [-0.05, 0) is 35.9 Å². The molecule has 0 atom stereocenters. The first-order chi connectivity index (χ1) is 12.0. The lowest BCUT2D eigenvalue weighted by Gasteiger charge is -2.08. The van der Waals surface area contributed by atoms with Crippen molar-refractivity contribution in [3.05, 3.63) is 64.8 Å². The van der Waals surface area contributed by atoms with Gasteiger partial charge in [-0.1, -0.05) is 23.7 Å². The second-order valence-corrected chi connectivity index (χ2v) is 5.78. The van der Waals surface area contributed by atoms with Crippen LogP contribution in [0.5, 0.6) is 11.5 Å². The number of halogens is 1. The van der Waals surface area contributed by atoms with Gasteiger partial charge in [-0.25, -0.2) is 0 Å². The second-order valence-electron chi connectivity index (χ2n) is 5.37. The minimum Gasteiger partial charge on any atom is -0.497 e. The van der Waals surface area contributed by atoms with Crippen molar-refractivity contribution in [1.82, 2.24) is 0 Å². The van der Waals surface area contributed by atoms with E-state index in [9.17, 15) is 0 Å². The van der Waals surface area contributed by atoms with E-state index in [1.54, 1.807) is 26.4 Å². The summed E-state index contributed by atoms with van der Waals surface area (Å²) in [4.78, 5) is 4.65. The monoisotopic (exact) mass is 359 g/mol. The van der Waals surface area contributed by atoms with Crippen molar-refractivity contribution in [3.63, 3.8) is 0 Å². The summed E-state index contributed by atoms with van der Waals surface area (Å²) in [6, 6.07) is 13.1. The molecule has 0 aromatic heterocycles. The molecular weight excluding hydrogens is 338 g/mol. The first-order valence-corrected chi connectivity index (χ1v) is 8.13. The third-order valence-corrected chi connectivity index (χ3v) is 3.85. The molecule has 0 spiro atoms. The van der Waals surface area contributed by atoms with Gasteiger partial charge < -0.3 is 20.9 Å². The number of ether oxygens (including phenoxy) is 2. The number of hydrogen-bond donors (Lipinski definition) is 2. The van der Waals surface area contributed by atoms with Gasteiger partial charge in [0, 0.05) is 30.4 Å². The summed E-state index contributed by atoms with van der Waals surface area (Å²) < 4.78 is 10.3. The van der Waals surface area contributed by atoms with E-state index in [0.29, 0.717) is 28.6 Å². The number of methoxy groups -OCH3 is 2. The summed E-state index contributed by atoms with van der Waals surface area (Å²) in [7, 11) is 3.23. The van der Waals surface area contributed by atoms with Crippen LogP contribution in [0.2, 0.25) is 5.02 Å². The zero-order valence-corrected chi connectivity index (χ0v) is 15.1. The highest BCUT2D eigenvalue weighted by molar-refractivity contribution is 6.33. The lowest BCUT2D eigenvalue weighted by Crippen LogP contribution is -2.14. The molecule has 0 saturated carbocycles. The quantitative estimate of drug-likeness (QED) is 0.741. The Kier molecular flexibility index (Phi) is 6.86. The fourth-order valence-electron chi connectivity index (χ4n) is 2.21. The summed E-state index contributed by atoms with van der Waals surface area (Å²) in [6.07, 6.45) is 2.37. The molecule has 0 heterocycles. The Morgan fingerprint density at radius 1 is 1.08 bits per heavy atom. The molecule has 6 heteroatoms. The van der Waals surface area contributed by atoms with Crippen LogP contribution in [0.1, 0.15) is 5.56 Å². The van der Waals surface area contributed by atoms with Crippen LogP contribution in [0.25, 0.3) is 0 Å². The first kappa shape index (κ1) is 18.8. The minimum atomic E-state index is 0.262. The van der Waals surface area contributed by atoms with Crippen LogP contribution >= 0.6 is 11.6 Å². The van der Waals surface area contributed by atoms with E-state index in [1.807, 2.05) is 36.4 Å². The maximum Gasteiger partial charge on any atom is 0.120 e. The third-order valence-electron chi connectivity index (χ3n) is 3.55. The fraction of sp³-hybridized carbons (Fsp3) is 0.211. The molecule has 5 nitrogen and oxygen atoms in total. The van der Waals surface area contributed by atoms with Crippen LogP contribution < -0.4 is 20.9 Å². The molecule has 0 saturated heterocycles. The molecule has 2 rings (SSSR count). The zero-order chi connectivity index (χ0) is 18.2. The smallest absolute Gasteiger partial charge is 0.120 e. The molecule has 0 radical (unpaired) electrons. The molecule has 25 heavy (non-hydrogen) atoms. The van der Waals surface area contributed by atoms with Gasteiger partial charge >= 0.3 is 0 Å². The Hall–Kier alpha value is -2.50. The van der Waals surface area contributed by atoms with E-state index in [4.69, 9.17) is 32.5 Å². The first-order valence-electron chi connectivity index (χ1n) is 7.76. The van der Waals surface area contributed by atoms with Crippen LogP contribution in [-0.2, 0) is 6.42 Å². The summed E-state index contributed by atoms with van der Waals surface area (Å²) in [5.41, 5.74) is 14.5. The van der Waals surface area contributed by atoms with Gasteiger partial charge in [0.1, 0.15) is 11.5 Å². The van der Waals surface area contributed by atoms with Crippen LogP contribution in [0.15, 0.2) is 59.2 Å². The van der Waals surface area contributed by atoms with Crippen molar-refractivity contribution in [2.75, 3.05) is 20.8 Å². The highest BCUT2D eigenvalue weighted by Crippen LogP contribution is 2.29. The molecule has 0 aliphatic carbocycles. The molecule has 0 fully saturated rings. The van der Waals surface area contributed by atoms with Crippen LogP contribution in [-0.4, -0.2) is 26.5 Å². The molecule has 2 aromatic carbocycles. The lowest BCUT2D eigenvalue weighted by atomic mass is 10.1. The Morgan fingerprint density at radius 3 is 2.28 bits per heavy atom. The van der Waals surface area contributed by atoms with E-state index >= 15 is 0 Å². The van der Waals surface area contributed by atoms with Crippen molar-refractivity contribution >= 4 is 23.0 Å². The Bertz CT molecular complexity index is 771. The lowest BCUT2D eigenvalue weighted by molar-refractivity contribution is 0.414. The van der Waals surface area contributed by atoms with Gasteiger partial charge in [0.15, 0.2) is 0 Å². The van der Waals surface area contributed by atoms with Gasteiger partial charge in [-0.2, -0.15) is 0 Å². The normalized spacial score (nSPS) is 12.2. The number of benzene rings is 2. The fourth-order valence-corrected chi connectivity index (χ4v) is 2.42. The van der Waals surface area contributed by atoms with Crippen molar-refractivity contribution in [3.8, 4) is 11.5 Å². The SMILES string of the molecule is COc1ccc(CC(C=C(N)CN)=Nc2ccc(OC)cc2Cl)cc1. The zero-order valence-electron chi connectivity index (χ0n) is 14.3. The molecule has 0 aliphatic heterocycles. The topological polar surface area (TPSA) is 82.9 Å². The summed E-state index contributed by atoms with van der Waals surface area (Å²) >= 11 is 6.28. The molecule has 0 bridgehead atoms. The average Bonchev–Trinajstić information content (AvgIpc) is 2.63. The second kappa shape index (κ2) is 9.11. The van der Waals surface area contributed by atoms with Crippen LogP contribution in [0.3, 0.4) is 0 Å². The van der Waals surface area contributed by atoms with Crippen LogP contribution in [0, 0.1) is 0 Å². The maximum atomic E-state index is 6.28. The van der Waals surface area contributed by atoms with E-state index in [0.717, 1.165) is 17.0 Å². The van der Waals surface area contributed by atoms with Gasteiger partial charge in [0.2, 0.25) is 0 Å². The predicted octanol–water partition coefficient (Wildman–Crippen LogP) is 3.47. The van der Waals surface area contributed by atoms with Crippen molar-refractivity contribution in [2.24, 2.45) is 16.5 Å². The number of nitrogens with zero attached hydrogens (tertiary/aromatic N) is 1. The minimum absolute atomic E-state index is 0.262. The number of aliphatic imine (C=N–C) groups is 1. The summed E-state index contributed by atoms with van der Waals surface area (Å²) in [5, 5.41) is 0.506. The van der Waals surface area contributed by atoms with Gasteiger partial charge in [-0.3, -0.25) is 4.99 Å². The molecule has 0 amide bonds. The average molecular weight is 360 g/mol. The Morgan fingerprint density at radius 2 is 1.72 bits per heavy atom. The Balaban J connectivity index is 2.34. The standard InChI is InChI=1S/C19H22ClN3O2/c1-24-16-5-3-13(4-6-16)9-15(10-14(22)12-21)23-19-8-7-17(25-2)11-18(19)20/h3-8,10-11H,9,12,21-22H2,1-2H3. The highest BCUT2D eigenvalue weighted by Gasteiger charge is 2.05. The van der Waals surface area contributed by atoms with Crippen molar-refractivity contribution in [2.45, 2.75) is 6.42 Å². The van der Waals surface area contributed by atoms with E-state index in [1.165, 1.54) is 0 Å². The molecular formula is C19H22ClN3O2. The Labute approximate surface area is 152 Å². The summed E-state index contributed by atoms with van der Waals surface area (Å²) in [6.45, 7) is 0.262.